The van der Waals surface area contributed by atoms with E-state index in [0.29, 0.717) is 42.5 Å². The molecule has 8 heteroatoms. The van der Waals surface area contributed by atoms with Gasteiger partial charge in [0, 0.05) is 62.0 Å². The predicted molar refractivity (Wildman–Crippen MR) is 124 cm³/mol. The third kappa shape index (κ3) is 4.96. The summed E-state index contributed by atoms with van der Waals surface area (Å²) in [6.07, 6.45) is 10.3. The lowest BCUT2D eigenvalue weighted by Crippen LogP contribution is -2.39. The Morgan fingerprint density at radius 1 is 1.09 bits per heavy atom. The smallest absolute Gasteiger partial charge is 0.253 e. The van der Waals surface area contributed by atoms with Crippen molar-refractivity contribution < 1.29 is 13.9 Å². The van der Waals surface area contributed by atoms with Crippen LogP contribution in [0.25, 0.3) is 0 Å². The molecule has 1 atom stereocenters. The molecule has 1 aliphatic heterocycles. The normalized spacial score (nSPS) is 15.8. The highest BCUT2D eigenvalue weighted by Gasteiger charge is 2.29. The molecular formula is C26H24FN5O2. The van der Waals surface area contributed by atoms with Crippen LogP contribution in [0.1, 0.15) is 40.4 Å². The molecule has 2 aromatic heterocycles. The lowest BCUT2D eigenvalue weighted by molar-refractivity contribution is 0.0704. The van der Waals surface area contributed by atoms with Crippen molar-refractivity contribution in [3.05, 3.63) is 102 Å². The summed E-state index contributed by atoms with van der Waals surface area (Å²) in [5.74, 6) is 0.292. The minimum atomic E-state index is -0.382. The topological polar surface area (TPSA) is 73.1 Å². The van der Waals surface area contributed by atoms with E-state index in [1.54, 1.807) is 37.1 Å². The van der Waals surface area contributed by atoms with Crippen LogP contribution in [0.3, 0.4) is 0 Å². The van der Waals surface area contributed by atoms with Crippen LogP contribution in [-0.2, 0) is 6.54 Å². The van der Waals surface area contributed by atoms with Gasteiger partial charge >= 0.3 is 0 Å². The Bertz CT molecular complexity index is 1280. The van der Waals surface area contributed by atoms with Gasteiger partial charge in [0.1, 0.15) is 17.3 Å². The van der Waals surface area contributed by atoms with Crippen molar-refractivity contribution in [2.75, 3.05) is 13.1 Å². The molecule has 1 fully saturated rings. The van der Waals surface area contributed by atoms with E-state index >= 15 is 0 Å². The van der Waals surface area contributed by atoms with Gasteiger partial charge in [-0.3, -0.25) is 9.78 Å². The molecule has 0 spiro atoms. The minimum Gasteiger partial charge on any atom is -0.437 e. The van der Waals surface area contributed by atoms with Crippen LogP contribution in [-0.4, -0.2) is 43.4 Å². The second-order valence-electron chi connectivity index (χ2n) is 8.33. The first-order valence-corrected chi connectivity index (χ1v) is 11.2. The molecule has 3 heterocycles. The zero-order chi connectivity index (χ0) is 23.3. The molecule has 172 valence electrons. The highest BCUT2D eigenvalue weighted by molar-refractivity contribution is 5.94. The van der Waals surface area contributed by atoms with Crippen molar-refractivity contribution in [3.8, 4) is 11.6 Å². The van der Waals surface area contributed by atoms with E-state index in [0.717, 1.165) is 18.4 Å². The van der Waals surface area contributed by atoms with Gasteiger partial charge in [0.15, 0.2) is 0 Å². The second-order valence-corrected chi connectivity index (χ2v) is 8.33. The van der Waals surface area contributed by atoms with E-state index in [1.807, 2.05) is 39.9 Å². The molecule has 0 N–H and O–H groups in total. The minimum absolute atomic E-state index is 0.00586. The number of aromatic nitrogens is 4. The summed E-state index contributed by atoms with van der Waals surface area (Å²) >= 11 is 0. The highest BCUT2D eigenvalue weighted by Crippen LogP contribution is 2.33. The lowest BCUT2D eigenvalue weighted by Gasteiger charge is -2.33. The Hall–Kier alpha value is -4.07. The number of likely N-dealkylation sites (tertiary alicyclic amines) is 1. The molecular weight excluding hydrogens is 433 g/mol. The Morgan fingerprint density at radius 2 is 1.97 bits per heavy atom. The van der Waals surface area contributed by atoms with Crippen molar-refractivity contribution >= 4 is 5.91 Å². The quantitative estimate of drug-likeness (QED) is 0.421. The van der Waals surface area contributed by atoms with Crippen LogP contribution in [0.4, 0.5) is 4.39 Å². The number of hydrogen-bond donors (Lipinski definition) is 0. The third-order valence-corrected chi connectivity index (χ3v) is 5.90. The maximum absolute atomic E-state index is 13.6. The van der Waals surface area contributed by atoms with Gasteiger partial charge in [-0.25, -0.2) is 14.4 Å². The summed E-state index contributed by atoms with van der Waals surface area (Å²) < 4.78 is 21.4. The van der Waals surface area contributed by atoms with Crippen LogP contribution in [0.15, 0.2) is 79.6 Å². The first kappa shape index (κ1) is 21.8. The summed E-state index contributed by atoms with van der Waals surface area (Å²) in [7, 11) is 0. The van der Waals surface area contributed by atoms with E-state index < -0.39 is 0 Å². The lowest BCUT2D eigenvalue weighted by atomic mass is 9.94. The Kier molecular flexibility index (Phi) is 6.29. The maximum atomic E-state index is 13.6. The fraction of sp³-hybridized carbons (Fsp3) is 0.231. The molecule has 1 saturated heterocycles. The summed E-state index contributed by atoms with van der Waals surface area (Å²) in [6.45, 7) is 1.86. The van der Waals surface area contributed by atoms with Crippen molar-refractivity contribution in [2.45, 2.75) is 25.3 Å². The van der Waals surface area contributed by atoms with Crippen molar-refractivity contribution in [3.63, 3.8) is 0 Å². The van der Waals surface area contributed by atoms with Crippen molar-refractivity contribution in [2.24, 2.45) is 0 Å². The summed E-state index contributed by atoms with van der Waals surface area (Å²) in [6, 6.07) is 13.6. The molecule has 0 saturated carbocycles. The average Bonchev–Trinajstić information content (AvgIpc) is 3.37. The summed E-state index contributed by atoms with van der Waals surface area (Å²) in [4.78, 5) is 28.1. The Morgan fingerprint density at radius 3 is 2.82 bits per heavy atom. The second kappa shape index (κ2) is 9.82. The molecule has 1 amide bonds. The molecule has 7 nitrogen and oxygen atoms in total. The number of ether oxygens (including phenoxy) is 1. The van der Waals surface area contributed by atoms with E-state index in [4.69, 9.17) is 4.74 Å². The number of rotatable bonds is 6. The third-order valence-electron chi connectivity index (χ3n) is 5.90. The van der Waals surface area contributed by atoms with Crippen LogP contribution < -0.4 is 4.74 Å². The number of nitrogens with zero attached hydrogens (tertiary/aromatic N) is 5. The van der Waals surface area contributed by atoms with Crippen LogP contribution in [0.5, 0.6) is 11.6 Å². The monoisotopic (exact) mass is 457 g/mol. The molecule has 0 unspecified atom stereocenters. The van der Waals surface area contributed by atoms with Crippen LogP contribution in [0.2, 0.25) is 0 Å². The van der Waals surface area contributed by atoms with Gasteiger partial charge in [-0.05, 0) is 42.7 Å². The zero-order valence-corrected chi connectivity index (χ0v) is 18.5. The Labute approximate surface area is 196 Å². The number of hydrogen-bond acceptors (Lipinski definition) is 5. The molecule has 0 radical (unpaired) electrons. The van der Waals surface area contributed by atoms with Crippen molar-refractivity contribution in [1.82, 2.24) is 24.4 Å². The molecule has 4 aromatic rings. The van der Waals surface area contributed by atoms with E-state index in [1.165, 1.54) is 12.1 Å². The largest absolute Gasteiger partial charge is 0.437 e. The fourth-order valence-corrected chi connectivity index (χ4v) is 4.30. The first-order chi connectivity index (χ1) is 16.7. The number of benzene rings is 2. The van der Waals surface area contributed by atoms with Gasteiger partial charge in [0.2, 0.25) is 5.88 Å². The van der Waals surface area contributed by atoms with Gasteiger partial charge in [0.05, 0.1) is 6.33 Å². The van der Waals surface area contributed by atoms with E-state index in [9.17, 15) is 9.18 Å². The maximum Gasteiger partial charge on any atom is 0.253 e. The number of carbonyl (C=O) groups is 1. The number of halogens is 1. The molecule has 2 aromatic carbocycles. The van der Waals surface area contributed by atoms with Gasteiger partial charge in [-0.15, -0.1) is 0 Å². The van der Waals surface area contributed by atoms with Crippen LogP contribution in [0, 0.1) is 5.82 Å². The number of piperidine rings is 1. The number of carbonyl (C=O) groups excluding carboxylic acids is 1. The predicted octanol–water partition coefficient (Wildman–Crippen LogP) is 4.67. The zero-order valence-electron chi connectivity index (χ0n) is 18.5. The summed E-state index contributed by atoms with van der Waals surface area (Å²) in [5.41, 5.74) is 2.38. The molecule has 5 rings (SSSR count). The number of amides is 1. The standard InChI is InChI=1S/C26H24FN5O2/c27-22-7-2-8-23(15-22)34-25-24(29-9-10-30-25)21-6-3-12-32(17-21)26(33)20-5-1-4-19(14-20)16-31-13-11-28-18-31/h1-2,4-5,7-11,13-15,18,21H,3,6,12,16-17H2/t21-/m1/s1. The van der Waals surface area contributed by atoms with Gasteiger partial charge in [0.25, 0.3) is 5.91 Å². The van der Waals surface area contributed by atoms with E-state index in [2.05, 4.69) is 15.0 Å². The SMILES string of the molecule is O=C(c1cccc(Cn2ccnc2)c1)N1CCC[C@@H](c2nccnc2Oc2cccc(F)c2)C1. The molecule has 0 aliphatic carbocycles. The first-order valence-electron chi connectivity index (χ1n) is 11.2. The van der Waals surface area contributed by atoms with Crippen molar-refractivity contribution in [1.29, 1.82) is 0 Å². The van der Waals surface area contributed by atoms with Gasteiger partial charge in [-0.1, -0.05) is 18.2 Å². The highest BCUT2D eigenvalue weighted by atomic mass is 19.1. The Balaban J connectivity index is 1.32. The fourth-order valence-electron chi connectivity index (χ4n) is 4.30. The van der Waals surface area contributed by atoms with E-state index in [-0.39, 0.29) is 17.6 Å². The van der Waals surface area contributed by atoms with Gasteiger partial charge in [-0.2, -0.15) is 0 Å². The van der Waals surface area contributed by atoms with Gasteiger partial charge < -0.3 is 14.2 Å². The molecule has 34 heavy (non-hydrogen) atoms. The average molecular weight is 458 g/mol. The summed E-state index contributed by atoms with van der Waals surface area (Å²) in [5, 5.41) is 0. The number of imidazole rings is 1. The molecule has 0 bridgehead atoms. The molecule has 1 aliphatic rings. The van der Waals surface area contributed by atoms with Crippen LogP contribution >= 0.6 is 0 Å².